The van der Waals surface area contributed by atoms with Gasteiger partial charge in [-0.15, -0.1) is 0 Å². The molecule has 0 radical (unpaired) electrons. The molecule has 1 aromatic rings. The zero-order chi connectivity index (χ0) is 13.1. The first kappa shape index (κ1) is 13.2. The average molecular weight is 269 g/mol. The molecule has 1 saturated heterocycles. The van der Waals surface area contributed by atoms with Gasteiger partial charge in [0.1, 0.15) is 6.23 Å². The molecule has 0 aromatic heterocycles. The molecule has 0 spiro atoms. The molecule has 2 rings (SSSR count). The lowest BCUT2D eigenvalue weighted by Gasteiger charge is -2.15. The van der Waals surface area contributed by atoms with E-state index < -0.39 is 0 Å². The summed E-state index contributed by atoms with van der Waals surface area (Å²) in [5.41, 5.74) is 2.67. The standard InChI is InChI=1S/C13H17ClN2O2/c1-8-6-9(2)12(10(14)7-8)16-13(17)15-11-4-3-5-18-11/h6-7,11H,3-5H2,1-2H3,(H2,15,16,17). The molecular formula is C13H17ClN2O2. The molecule has 2 N–H and O–H groups in total. The van der Waals surface area contributed by atoms with E-state index in [4.69, 9.17) is 16.3 Å². The zero-order valence-electron chi connectivity index (χ0n) is 10.5. The molecule has 4 nitrogen and oxygen atoms in total. The van der Waals surface area contributed by atoms with Gasteiger partial charge in [0, 0.05) is 6.61 Å². The molecular weight excluding hydrogens is 252 g/mol. The van der Waals surface area contributed by atoms with E-state index in [9.17, 15) is 4.79 Å². The van der Waals surface area contributed by atoms with Crippen molar-refractivity contribution in [3.8, 4) is 0 Å². The Balaban J connectivity index is 2.02. The van der Waals surface area contributed by atoms with Crippen LogP contribution >= 0.6 is 11.6 Å². The summed E-state index contributed by atoms with van der Waals surface area (Å²) in [4.78, 5) is 11.8. The number of carbonyl (C=O) groups is 1. The number of aryl methyl sites for hydroxylation is 2. The Labute approximate surface area is 112 Å². The molecule has 0 aliphatic carbocycles. The first-order valence-corrected chi connectivity index (χ1v) is 6.40. The molecule has 1 aliphatic heterocycles. The number of rotatable bonds is 2. The molecule has 5 heteroatoms. The lowest BCUT2D eigenvalue weighted by Crippen LogP contribution is -2.37. The monoisotopic (exact) mass is 268 g/mol. The van der Waals surface area contributed by atoms with Gasteiger partial charge in [0.25, 0.3) is 0 Å². The quantitative estimate of drug-likeness (QED) is 0.865. The van der Waals surface area contributed by atoms with Crippen molar-refractivity contribution in [1.82, 2.24) is 5.32 Å². The number of hydrogen-bond acceptors (Lipinski definition) is 2. The lowest BCUT2D eigenvalue weighted by atomic mass is 10.1. The van der Waals surface area contributed by atoms with E-state index in [-0.39, 0.29) is 12.3 Å². The number of amides is 2. The Morgan fingerprint density at radius 2 is 2.22 bits per heavy atom. The fraction of sp³-hybridized carbons (Fsp3) is 0.462. The summed E-state index contributed by atoms with van der Waals surface area (Å²) in [6.07, 6.45) is 1.65. The van der Waals surface area contributed by atoms with Crippen LogP contribution < -0.4 is 10.6 Å². The Morgan fingerprint density at radius 1 is 1.44 bits per heavy atom. The summed E-state index contributed by atoms with van der Waals surface area (Å²) < 4.78 is 5.34. The summed E-state index contributed by atoms with van der Waals surface area (Å²) in [5.74, 6) is 0. The first-order valence-electron chi connectivity index (χ1n) is 6.02. The minimum absolute atomic E-state index is 0.186. The number of hydrogen-bond donors (Lipinski definition) is 2. The van der Waals surface area contributed by atoms with Crippen LogP contribution in [0, 0.1) is 13.8 Å². The lowest BCUT2D eigenvalue weighted by molar-refractivity contribution is 0.0928. The molecule has 18 heavy (non-hydrogen) atoms. The minimum atomic E-state index is -0.282. The largest absolute Gasteiger partial charge is 0.358 e. The maximum Gasteiger partial charge on any atom is 0.321 e. The Morgan fingerprint density at radius 3 is 2.83 bits per heavy atom. The SMILES string of the molecule is Cc1cc(C)c(NC(=O)NC2CCCO2)c(Cl)c1. The van der Waals surface area contributed by atoms with Gasteiger partial charge in [-0.3, -0.25) is 0 Å². The van der Waals surface area contributed by atoms with E-state index in [1.54, 1.807) is 0 Å². The van der Waals surface area contributed by atoms with Crippen molar-refractivity contribution in [2.75, 3.05) is 11.9 Å². The Hall–Kier alpha value is -1.26. The molecule has 1 aliphatic rings. The first-order chi connectivity index (χ1) is 8.56. The van der Waals surface area contributed by atoms with Crippen molar-refractivity contribution in [3.05, 3.63) is 28.3 Å². The topological polar surface area (TPSA) is 50.4 Å². The maximum absolute atomic E-state index is 11.8. The van der Waals surface area contributed by atoms with Crippen LogP contribution in [0.15, 0.2) is 12.1 Å². The highest BCUT2D eigenvalue weighted by Crippen LogP contribution is 2.27. The van der Waals surface area contributed by atoms with Gasteiger partial charge in [-0.05, 0) is 43.9 Å². The van der Waals surface area contributed by atoms with Crippen LogP contribution in [0.1, 0.15) is 24.0 Å². The number of nitrogens with one attached hydrogen (secondary N) is 2. The van der Waals surface area contributed by atoms with Crippen LogP contribution in [-0.4, -0.2) is 18.9 Å². The molecule has 1 unspecified atom stereocenters. The highest BCUT2D eigenvalue weighted by atomic mass is 35.5. The van der Waals surface area contributed by atoms with Gasteiger partial charge in [-0.25, -0.2) is 4.79 Å². The summed E-state index contributed by atoms with van der Waals surface area (Å²) in [7, 11) is 0. The van der Waals surface area contributed by atoms with Crippen molar-refractivity contribution in [2.24, 2.45) is 0 Å². The molecule has 0 bridgehead atoms. The van der Waals surface area contributed by atoms with E-state index in [1.165, 1.54) is 0 Å². The molecule has 98 valence electrons. The highest BCUT2D eigenvalue weighted by Gasteiger charge is 2.18. The van der Waals surface area contributed by atoms with E-state index in [0.29, 0.717) is 17.3 Å². The number of carbonyl (C=O) groups excluding carboxylic acids is 1. The molecule has 0 saturated carbocycles. The number of anilines is 1. The Bertz CT molecular complexity index is 433. The summed E-state index contributed by atoms with van der Waals surface area (Å²) in [5, 5.41) is 6.09. The second-order valence-corrected chi connectivity index (χ2v) is 4.95. The van der Waals surface area contributed by atoms with Gasteiger partial charge >= 0.3 is 6.03 Å². The predicted octanol–water partition coefficient (Wildman–Crippen LogP) is 3.21. The van der Waals surface area contributed by atoms with Crippen LogP contribution in [-0.2, 0) is 4.74 Å². The summed E-state index contributed by atoms with van der Waals surface area (Å²) >= 11 is 6.12. The van der Waals surface area contributed by atoms with Crippen molar-refractivity contribution in [3.63, 3.8) is 0 Å². The molecule has 2 amide bonds. The fourth-order valence-corrected chi connectivity index (χ4v) is 2.43. The average Bonchev–Trinajstić information content (AvgIpc) is 2.76. The van der Waals surface area contributed by atoms with E-state index in [1.807, 2.05) is 26.0 Å². The Kier molecular flexibility index (Phi) is 4.09. The van der Waals surface area contributed by atoms with Crippen molar-refractivity contribution in [2.45, 2.75) is 32.9 Å². The number of ether oxygens (including phenoxy) is 1. The third-order valence-electron chi connectivity index (χ3n) is 2.89. The van der Waals surface area contributed by atoms with Crippen LogP contribution in [0.4, 0.5) is 10.5 Å². The third-order valence-corrected chi connectivity index (χ3v) is 3.19. The van der Waals surface area contributed by atoms with Crippen molar-refractivity contribution in [1.29, 1.82) is 0 Å². The molecule has 1 fully saturated rings. The number of benzene rings is 1. The molecule has 1 atom stereocenters. The second kappa shape index (κ2) is 5.59. The number of halogens is 1. The van der Waals surface area contributed by atoms with E-state index in [0.717, 1.165) is 24.0 Å². The second-order valence-electron chi connectivity index (χ2n) is 4.54. The van der Waals surface area contributed by atoms with Gasteiger partial charge in [-0.2, -0.15) is 0 Å². The van der Waals surface area contributed by atoms with E-state index >= 15 is 0 Å². The van der Waals surface area contributed by atoms with Crippen molar-refractivity contribution >= 4 is 23.3 Å². The van der Waals surface area contributed by atoms with Crippen molar-refractivity contribution < 1.29 is 9.53 Å². The van der Waals surface area contributed by atoms with Gasteiger partial charge in [0.15, 0.2) is 0 Å². The van der Waals surface area contributed by atoms with Gasteiger partial charge in [0.2, 0.25) is 0 Å². The van der Waals surface area contributed by atoms with Gasteiger partial charge in [-0.1, -0.05) is 17.7 Å². The third kappa shape index (κ3) is 3.15. The smallest absolute Gasteiger partial charge is 0.321 e. The molecule has 1 aromatic carbocycles. The highest BCUT2D eigenvalue weighted by molar-refractivity contribution is 6.34. The molecule has 1 heterocycles. The number of urea groups is 1. The minimum Gasteiger partial charge on any atom is -0.358 e. The summed E-state index contributed by atoms with van der Waals surface area (Å²) in [6.45, 7) is 4.59. The maximum atomic E-state index is 11.8. The van der Waals surface area contributed by atoms with Crippen LogP contribution in [0.2, 0.25) is 5.02 Å². The van der Waals surface area contributed by atoms with Gasteiger partial charge in [0.05, 0.1) is 10.7 Å². The van der Waals surface area contributed by atoms with Crippen LogP contribution in [0.25, 0.3) is 0 Å². The zero-order valence-corrected chi connectivity index (χ0v) is 11.3. The fourth-order valence-electron chi connectivity index (χ4n) is 2.06. The van der Waals surface area contributed by atoms with Gasteiger partial charge < -0.3 is 15.4 Å². The predicted molar refractivity (Wildman–Crippen MR) is 72.1 cm³/mol. The van der Waals surface area contributed by atoms with Crippen LogP contribution in [0.3, 0.4) is 0 Å². The summed E-state index contributed by atoms with van der Waals surface area (Å²) in [6, 6.07) is 3.53. The van der Waals surface area contributed by atoms with Crippen LogP contribution in [0.5, 0.6) is 0 Å². The normalized spacial score (nSPS) is 18.7. The van der Waals surface area contributed by atoms with E-state index in [2.05, 4.69) is 10.6 Å².